The number of halogens is 4. The van der Waals surface area contributed by atoms with Gasteiger partial charge in [0.15, 0.2) is 0 Å². The second-order valence-electron chi connectivity index (χ2n) is 7.96. The van der Waals surface area contributed by atoms with Crippen molar-refractivity contribution < 1.29 is 23.1 Å². The molecule has 0 radical (unpaired) electrons. The number of carbonyl (C=O) groups is 2. The average Bonchev–Trinajstić information content (AvgIpc) is 3.26. The van der Waals surface area contributed by atoms with Gasteiger partial charge in [0.05, 0.1) is 16.0 Å². The molecule has 3 aromatic rings. The van der Waals surface area contributed by atoms with E-state index >= 15 is 0 Å². The Hall–Kier alpha value is -1.63. The molecule has 4 N–H and O–H groups in total. The molecule has 8 nitrogen and oxygen atoms in total. The lowest BCUT2D eigenvalue weighted by Crippen LogP contribution is -2.49. The van der Waals surface area contributed by atoms with Crippen LogP contribution in [0.25, 0.3) is 10.1 Å². The van der Waals surface area contributed by atoms with Crippen LogP contribution in [-0.2, 0) is 14.8 Å². The van der Waals surface area contributed by atoms with Crippen molar-refractivity contribution in [3.8, 4) is 0 Å². The summed E-state index contributed by atoms with van der Waals surface area (Å²) in [6, 6.07) is 12.2. The molecule has 0 bridgehead atoms. The molecule has 0 aliphatic carbocycles. The van der Waals surface area contributed by atoms with Gasteiger partial charge in [0.2, 0.25) is 15.9 Å². The minimum Gasteiger partial charge on any atom is -0.391 e. The number of carbonyl (C=O) groups excluding carboxylic acids is 2. The number of rotatable bonds is 12. The zero-order chi connectivity index (χ0) is 27.2. The number of alkyl halides is 2. The van der Waals surface area contributed by atoms with Gasteiger partial charge in [-0.1, -0.05) is 41.4 Å². The van der Waals surface area contributed by atoms with E-state index in [4.69, 9.17) is 46.4 Å². The third-order valence-electron chi connectivity index (χ3n) is 5.15. The van der Waals surface area contributed by atoms with Crippen molar-refractivity contribution in [2.45, 2.75) is 34.7 Å². The van der Waals surface area contributed by atoms with Crippen LogP contribution in [0.15, 0.2) is 53.4 Å². The Labute approximate surface area is 238 Å². The summed E-state index contributed by atoms with van der Waals surface area (Å²) in [7, 11) is -3.93. The monoisotopic (exact) mass is 625 g/mol. The van der Waals surface area contributed by atoms with Crippen molar-refractivity contribution in [1.29, 1.82) is 0 Å². The third kappa shape index (κ3) is 8.69. The van der Waals surface area contributed by atoms with Crippen LogP contribution in [0.4, 0.5) is 0 Å². The molecule has 37 heavy (non-hydrogen) atoms. The fourth-order valence-corrected chi connectivity index (χ4v) is 6.45. The van der Waals surface area contributed by atoms with Gasteiger partial charge in [-0.25, -0.2) is 13.1 Å². The molecule has 0 fully saturated rings. The quantitative estimate of drug-likeness (QED) is 0.223. The molecule has 1 aromatic heterocycles. The predicted octanol–water partition coefficient (Wildman–Crippen LogP) is 4.35. The molecule has 0 unspecified atom stereocenters. The minimum absolute atomic E-state index is 0.00281. The van der Waals surface area contributed by atoms with Crippen LogP contribution in [0.3, 0.4) is 0 Å². The highest BCUT2D eigenvalue weighted by Crippen LogP contribution is 2.26. The third-order valence-corrected chi connectivity index (χ3v) is 8.80. The maximum absolute atomic E-state index is 12.7. The van der Waals surface area contributed by atoms with Gasteiger partial charge in [-0.15, -0.1) is 34.5 Å². The molecule has 14 heteroatoms. The number of sulfonamides is 1. The van der Waals surface area contributed by atoms with Crippen LogP contribution in [-0.4, -0.2) is 55.4 Å². The molecule has 2 amide bonds. The molecule has 3 rings (SSSR count). The molecule has 0 aliphatic rings. The van der Waals surface area contributed by atoms with Gasteiger partial charge in [-0.3, -0.25) is 9.59 Å². The summed E-state index contributed by atoms with van der Waals surface area (Å²) >= 11 is 24.8. The molecule has 0 saturated heterocycles. The molecular formula is C23H23Cl4N3O5S2. The maximum atomic E-state index is 12.7. The molecular weight excluding hydrogens is 604 g/mol. The molecule has 0 saturated carbocycles. The fourth-order valence-electron chi connectivity index (χ4n) is 3.31. The lowest BCUT2D eigenvalue weighted by Gasteiger charge is -2.20. The summed E-state index contributed by atoms with van der Waals surface area (Å²) in [4.78, 5) is 24.8. The molecule has 200 valence electrons. The maximum Gasteiger partial charge on any atom is 0.262 e. The standard InChI is InChI=1S/C23H23Cl4N3O5S2/c24-14-5-6-20(16(25)10-14)37(34,35)29-8-7-15(31)12-28-22(32)17(11-21(26)27)30-23(33)19-9-13-3-1-2-4-18(13)36-19/h1-6,9-10,15,17,21,29,31H,7-8,11-12H2,(H,28,32)(H,30,33)/t15-,17+/m1/s1. The van der Waals surface area contributed by atoms with Crippen LogP contribution in [0, 0.1) is 0 Å². The van der Waals surface area contributed by atoms with Gasteiger partial charge in [0, 0.05) is 29.2 Å². The van der Waals surface area contributed by atoms with Crippen LogP contribution >= 0.6 is 57.7 Å². The van der Waals surface area contributed by atoms with E-state index in [-0.39, 0.29) is 35.8 Å². The van der Waals surface area contributed by atoms with Crippen molar-refractivity contribution >= 4 is 89.7 Å². The second-order valence-corrected chi connectivity index (χ2v) is 12.9. The molecule has 1 heterocycles. The van der Waals surface area contributed by atoms with E-state index in [1.165, 1.54) is 29.5 Å². The number of nitrogens with one attached hydrogen (secondary N) is 3. The fraction of sp³-hybridized carbons (Fsp3) is 0.304. The highest BCUT2D eigenvalue weighted by molar-refractivity contribution is 7.89. The SMILES string of the molecule is O=C(N[C@@H](CC(Cl)Cl)C(=O)NC[C@H](O)CCNS(=O)(=O)c1ccc(Cl)cc1Cl)c1cc2ccccc2s1. The van der Waals surface area contributed by atoms with Gasteiger partial charge in [-0.05, 0) is 42.1 Å². The summed E-state index contributed by atoms with van der Waals surface area (Å²) in [5, 5.41) is 16.6. The van der Waals surface area contributed by atoms with Gasteiger partial charge < -0.3 is 15.7 Å². The Balaban J connectivity index is 1.51. The Morgan fingerprint density at radius 2 is 1.78 bits per heavy atom. The van der Waals surface area contributed by atoms with Gasteiger partial charge in [-0.2, -0.15) is 0 Å². The van der Waals surface area contributed by atoms with Crippen molar-refractivity contribution in [2.75, 3.05) is 13.1 Å². The first kappa shape index (κ1) is 29.9. The smallest absolute Gasteiger partial charge is 0.262 e. The van der Waals surface area contributed by atoms with Crippen LogP contribution < -0.4 is 15.4 Å². The largest absolute Gasteiger partial charge is 0.391 e. The Bertz CT molecular complexity index is 1330. The van der Waals surface area contributed by atoms with E-state index in [2.05, 4.69) is 15.4 Å². The number of benzene rings is 2. The highest BCUT2D eigenvalue weighted by Gasteiger charge is 2.25. The van der Waals surface area contributed by atoms with Crippen LogP contribution in [0.2, 0.25) is 10.0 Å². The van der Waals surface area contributed by atoms with E-state index in [1.54, 1.807) is 6.07 Å². The zero-order valence-electron chi connectivity index (χ0n) is 19.1. The van der Waals surface area contributed by atoms with Gasteiger partial charge in [0.25, 0.3) is 5.91 Å². The molecule has 0 spiro atoms. The molecule has 2 atom stereocenters. The van der Waals surface area contributed by atoms with E-state index in [1.807, 2.05) is 24.3 Å². The highest BCUT2D eigenvalue weighted by atomic mass is 35.5. The molecule has 0 aliphatic heterocycles. The number of aliphatic hydroxyl groups excluding tert-OH is 1. The number of amides is 2. The van der Waals surface area contributed by atoms with E-state index in [0.717, 1.165) is 10.1 Å². The topological polar surface area (TPSA) is 125 Å². The van der Waals surface area contributed by atoms with Gasteiger partial charge in [0.1, 0.15) is 15.8 Å². The summed E-state index contributed by atoms with van der Waals surface area (Å²) in [6.45, 7) is -0.303. The van der Waals surface area contributed by atoms with Crippen molar-refractivity contribution in [3.05, 3.63) is 63.5 Å². The van der Waals surface area contributed by atoms with E-state index in [0.29, 0.717) is 9.90 Å². The summed E-state index contributed by atoms with van der Waals surface area (Å²) in [6.07, 6.45) is -1.13. The van der Waals surface area contributed by atoms with Gasteiger partial charge >= 0.3 is 0 Å². The number of hydrogen-bond donors (Lipinski definition) is 4. The predicted molar refractivity (Wildman–Crippen MR) is 148 cm³/mol. The Kier molecular flexibility index (Phi) is 10.9. The van der Waals surface area contributed by atoms with E-state index in [9.17, 15) is 23.1 Å². The van der Waals surface area contributed by atoms with Crippen LogP contribution in [0.1, 0.15) is 22.5 Å². The number of fused-ring (bicyclic) bond motifs is 1. The number of thiophene rings is 1. The molecule has 2 aromatic carbocycles. The lowest BCUT2D eigenvalue weighted by molar-refractivity contribution is -0.123. The minimum atomic E-state index is -3.93. The Morgan fingerprint density at radius 3 is 2.46 bits per heavy atom. The van der Waals surface area contributed by atoms with Crippen molar-refractivity contribution in [1.82, 2.24) is 15.4 Å². The lowest BCUT2D eigenvalue weighted by atomic mass is 10.2. The first-order valence-corrected chi connectivity index (χ1v) is 14.9. The zero-order valence-corrected chi connectivity index (χ0v) is 23.7. The summed E-state index contributed by atoms with van der Waals surface area (Å²) in [5.41, 5.74) is 0. The van der Waals surface area contributed by atoms with Crippen LogP contribution in [0.5, 0.6) is 0 Å². The normalized spacial score (nSPS) is 13.5. The Morgan fingerprint density at radius 1 is 1.05 bits per heavy atom. The first-order valence-electron chi connectivity index (χ1n) is 10.9. The number of aliphatic hydroxyl groups is 1. The number of hydrogen-bond acceptors (Lipinski definition) is 6. The van der Waals surface area contributed by atoms with E-state index < -0.39 is 38.8 Å². The van der Waals surface area contributed by atoms with Crippen molar-refractivity contribution in [2.24, 2.45) is 0 Å². The summed E-state index contributed by atoms with van der Waals surface area (Å²) in [5.74, 6) is -1.04. The first-order chi connectivity index (χ1) is 17.5. The summed E-state index contributed by atoms with van der Waals surface area (Å²) < 4.78 is 28.1. The average molecular weight is 627 g/mol. The van der Waals surface area contributed by atoms with Crippen molar-refractivity contribution in [3.63, 3.8) is 0 Å². The second kappa shape index (κ2) is 13.4.